The summed E-state index contributed by atoms with van der Waals surface area (Å²) in [5.74, 6) is 2.07. The monoisotopic (exact) mass is 547 g/mol. The van der Waals surface area contributed by atoms with Crippen molar-refractivity contribution >= 4 is 38.7 Å². The molecule has 4 aromatic carbocycles. The van der Waals surface area contributed by atoms with Crippen molar-refractivity contribution in [2.45, 2.75) is 18.4 Å². The Balaban J connectivity index is 1.36. The van der Waals surface area contributed by atoms with Gasteiger partial charge in [0.05, 0.1) is 25.1 Å². The van der Waals surface area contributed by atoms with Crippen LogP contribution in [-0.4, -0.2) is 11.2 Å². The van der Waals surface area contributed by atoms with E-state index in [1.54, 1.807) is 0 Å². The molecule has 0 spiro atoms. The van der Waals surface area contributed by atoms with Crippen molar-refractivity contribution in [2.24, 2.45) is 7.05 Å². The molecule has 9 rings (SSSR count). The number of ether oxygens (including phenoxy) is 1. The molecule has 0 saturated carbocycles. The Bertz CT molecular complexity index is 2240. The van der Waals surface area contributed by atoms with Crippen LogP contribution < -0.4 is 13.9 Å². The smallest absolute Gasteiger partial charge is 0.298 e. The number of fused-ring (bicyclic) bond motifs is 15. The summed E-state index contributed by atoms with van der Waals surface area (Å²) in [6.07, 6.45) is 3.04. The topological polar surface area (TPSA) is 35.1 Å². The summed E-state index contributed by atoms with van der Waals surface area (Å²) in [5, 5.41) is 2.29. The molecule has 0 radical (unpaired) electrons. The molecule has 0 aliphatic carbocycles. The fraction of sp³-hybridized carbons (Fsp3) is 0.135. The molecule has 0 saturated heterocycles. The predicted molar refractivity (Wildman–Crippen MR) is 165 cm³/mol. The molecule has 7 aromatic rings. The van der Waals surface area contributed by atoms with E-state index < -0.39 is 0 Å². The number of rotatable bonds is 0. The number of pyridine rings is 1. The van der Waals surface area contributed by atoms with Crippen molar-refractivity contribution in [3.63, 3.8) is 0 Å². The molecule has 2 unspecified atom stereocenters. The van der Waals surface area contributed by atoms with E-state index in [-0.39, 0.29) is 12.0 Å². The zero-order valence-electron chi connectivity index (χ0n) is 23.3. The van der Waals surface area contributed by atoms with Crippen LogP contribution >= 0.6 is 0 Å². The highest BCUT2D eigenvalue weighted by Crippen LogP contribution is 2.49. The highest BCUT2D eigenvalue weighted by molar-refractivity contribution is 6.10. The lowest BCUT2D eigenvalue weighted by atomic mass is 9.79. The highest BCUT2D eigenvalue weighted by atomic mass is 16.5. The number of aromatic nitrogens is 3. The van der Waals surface area contributed by atoms with Crippen LogP contribution in [0.5, 0.6) is 5.75 Å². The molecule has 5 heteroatoms. The third-order valence-corrected chi connectivity index (χ3v) is 9.26. The van der Waals surface area contributed by atoms with Crippen LogP contribution in [0.2, 0.25) is 0 Å². The molecule has 2 aliphatic heterocycles. The second-order valence-electron chi connectivity index (χ2n) is 11.4. The quantitative estimate of drug-likeness (QED) is 0.184. The zero-order valence-corrected chi connectivity index (χ0v) is 23.3. The highest BCUT2D eigenvalue weighted by Gasteiger charge is 2.47. The zero-order chi connectivity index (χ0) is 27.9. The first-order chi connectivity index (χ1) is 20.7. The van der Waals surface area contributed by atoms with Crippen molar-refractivity contribution in [3.05, 3.63) is 121 Å². The average molecular weight is 548 g/mol. The maximum absolute atomic E-state index is 6.61. The summed E-state index contributed by atoms with van der Waals surface area (Å²) >= 11 is 0. The molecule has 2 aliphatic rings. The predicted octanol–water partition coefficient (Wildman–Crippen LogP) is 7.58. The second kappa shape index (κ2) is 8.67. The fourth-order valence-electron chi connectivity index (χ4n) is 7.47. The Labute approximate surface area is 243 Å². The summed E-state index contributed by atoms with van der Waals surface area (Å²) in [7, 11) is 2.14. The van der Waals surface area contributed by atoms with Gasteiger partial charge >= 0.3 is 0 Å². The van der Waals surface area contributed by atoms with E-state index in [9.17, 15) is 0 Å². The molecule has 0 fully saturated rings. The van der Waals surface area contributed by atoms with Crippen LogP contribution in [-0.2, 0) is 7.05 Å². The normalized spacial score (nSPS) is 17.7. The Hall–Kier alpha value is -5.16. The first kappa shape index (κ1) is 23.5. The first-order valence-corrected chi connectivity index (χ1v) is 14.6. The number of para-hydroxylation sites is 4. The van der Waals surface area contributed by atoms with Crippen molar-refractivity contribution in [1.82, 2.24) is 4.57 Å². The van der Waals surface area contributed by atoms with E-state index in [4.69, 9.17) is 15.7 Å². The minimum Gasteiger partial charge on any atom is -0.493 e. The van der Waals surface area contributed by atoms with Gasteiger partial charge in [-0.2, -0.15) is 9.13 Å². The lowest BCUT2D eigenvalue weighted by molar-refractivity contribution is -0.704. The Morgan fingerprint density at radius 1 is 0.833 bits per heavy atom. The molecular weight excluding hydrogens is 518 g/mol. The molecule has 5 heterocycles. The summed E-state index contributed by atoms with van der Waals surface area (Å²) < 4.78 is 20.2. The van der Waals surface area contributed by atoms with Gasteiger partial charge in [-0.25, -0.2) is 4.57 Å². The van der Waals surface area contributed by atoms with Gasteiger partial charge in [-0.05, 0) is 55.0 Å². The van der Waals surface area contributed by atoms with Crippen molar-refractivity contribution in [3.8, 4) is 28.4 Å². The van der Waals surface area contributed by atoms with Crippen LogP contribution in [0.4, 0.5) is 0 Å². The number of allylic oxidation sites excluding steroid dienone is 1. The summed E-state index contributed by atoms with van der Waals surface area (Å²) in [6.45, 7) is 5.48. The van der Waals surface area contributed by atoms with Gasteiger partial charge in [0, 0.05) is 22.9 Å². The molecule has 0 bridgehead atoms. The third kappa shape index (κ3) is 3.08. The van der Waals surface area contributed by atoms with Gasteiger partial charge in [-0.15, -0.1) is 0 Å². The lowest BCUT2D eigenvalue weighted by Crippen LogP contribution is -2.49. The van der Waals surface area contributed by atoms with Crippen LogP contribution in [0, 0.1) is 0 Å². The largest absolute Gasteiger partial charge is 0.493 e. The SMILES string of the molecule is C=C1C2C(CCOc3ccccc3-c3n1c1ccccc1[n+]3C)c1ccc3c(oc4ccccc43)c1-c1cccc[n+]12. The average Bonchev–Trinajstić information content (AvgIpc) is 3.56. The molecule has 5 nitrogen and oxygen atoms in total. The third-order valence-electron chi connectivity index (χ3n) is 9.26. The minimum absolute atomic E-state index is 0.0288. The fourth-order valence-corrected chi connectivity index (χ4v) is 7.47. The van der Waals surface area contributed by atoms with Crippen LogP contribution in [0.25, 0.3) is 61.3 Å². The number of aryl methyl sites for hydroxylation is 1. The summed E-state index contributed by atoms with van der Waals surface area (Å²) in [5.41, 5.74) is 9.82. The van der Waals surface area contributed by atoms with Gasteiger partial charge in [0.25, 0.3) is 5.82 Å². The number of hydrogen-bond donors (Lipinski definition) is 0. The number of hydrogen-bond acceptors (Lipinski definition) is 2. The number of benzene rings is 4. The second-order valence-corrected chi connectivity index (χ2v) is 11.4. The number of imidazole rings is 1. The Morgan fingerprint density at radius 3 is 2.60 bits per heavy atom. The van der Waals surface area contributed by atoms with E-state index in [1.807, 2.05) is 6.07 Å². The molecule has 202 valence electrons. The first-order valence-electron chi connectivity index (χ1n) is 14.6. The minimum atomic E-state index is -0.0288. The van der Waals surface area contributed by atoms with Crippen LogP contribution in [0.1, 0.15) is 23.9 Å². The number of furan rings is 1. The number of nitrogens with zero attached hydrogens (tertiary/aromatic N) is 3. The maximum Gasteiger partial charge on any atom is 0.298 e. The van der Waals surface area contributed by atoms with Crippen LogP contribution in [0.3, 0.4) is 0 Å². The molecule has 42 heavy (non-hydrogen) atoms. The molecule has 2 atom stereocenters. The van der Waals surface area contributed by atoms with E-state index >= 15 is 0 Å². The van der Waals surface area contributed by atoms with E-state index in [2.05, 4.69) is 124 Å². The van der Waals surface area contributed by atoms with Gasteiger partial charge in [0.1, 0.15) is 22.5 Å². The molecule has 0 N–H and O–H groups in total. The van der Waals surface area contributed by atoms with Crippen molar-refractivity contribution in [1.29, 1.82) is 0 Å². The summed E-state index contributed by atoms with van der Waals surface area (Å²) in [6, 6.07) is 36.3. The molecule has 0 amide bonds. The maximum atomic E-state index is 6.61. The van der Waals surface area contributed by atoms with Gasteiger partial charge in [-0.3, -0.25) is 0 Å². The van der Waals surface area contributed by atoms with E-state index in [0.717, 1.165) is 67.9 Å². The Kier molecular flexibility index (Phi) is 4.86. The Morgan fingerprint density at radius 2 is 1.64 bits per heavy atom. The van der Waals surface area contributed by atoms with E-state index in [0.29, 0.717) is 6.61 Å². The van der Waals surface area contributed by atoms with E-state index in [1.165, 1.54) is 11.1 Å². The standard InChI is InChI=1S/C37H29N3O2/c1-23-35-26(20-22-41-32-16-7-4-12-28(32)37-38(2)29-13-5-6-14-30(29)40(23)37)25-18-19-27-24-11-3-8-17-33(24)42-36(27)34(25)31-15-9-10-21-39(31)35/h3-19,21,26,35H,1,20,22H2,2H3/q+2. The van der Waals surface area contributed by atoms with Gasteiger partial charge < -0.3 is 9.15 Å². The lowest BCUT2D eigenvalue weighted by Gasteiger charge is -2.31. The van der Waals surface area contributed by atoms with Gasteiger partial charge in [0.15, 0.2) is 22.9 Å². The van der Waals surface area contributed by atoms with Crippen molar-refractivity contribution < 1.29 is 18.3 Å². The molecular formula is C37H29N3O2+2. The summed E-state index contributed by atoms with van der Waals surface area (Å²) in [4.78, 5) is 0. The van der Waals surface area contributed by atoms with Crippen molar-refractivity contribution in [2.75, 3.05) is 6.61 Å². The molecule has 3 aromatic heterocycles. The van der Waals surface area contributed by atoms with Crippen LogP contribution in [0.15, 0.2) is 120 Å². The van der Waals surface area contributed by atoms with Gasteiger partial charge in [0.2, 0.25) is 11.7 Å². The van der Waals surface area contributed by atoms with Gasteiger partial charge in [-0.1, -0.05) is 54.6 Å².